The fourth-order valence-electron chi connectivity index (χ4n) is 3.36. The van der Waals surface area contributed by atoms with Crippen LogP contribution in [0.2, 0.25) is 0 Å². The summed E-state index contributed by atoms with van der Waals surface area (Å²) in [6.07, 6.45) is 3.19. The van der Waals surface area contributed by atoms with Gasteiger partial charge in [0.2, 0.25) is 11.6 Å². The topological polar surface area (TPSA) is 76.3 Å². The molecule has 7 nitrogen and oxygen atoms in total. The van der Waals surface area contributed by atoms with Gasteiger partial charge in [0.1, 0.15) is 22.7 Å². The Labute approximate surface area is 187 Å². The Kier molecular flexibility index (Phi) is 5.29. The number of phenols is 1. The monoisotopic (exact) mass is 494 g/mol. The van der Waals surface area contributed by atoms with E-state index in [4.69, 9.17) is 0 Å². The van der Waals surface area contributed by atoms with Crippen LogP contribution >= 0.6 is 0 Å². The molecule has 0 unspecified atom stereocenters. The van der Waals surface area contributed by atoms with Crippen LogP contribution in [0.4, 0.5) is 0 Å². The normalized spacial score (nSPS) is 19.4. The third-order valence-corrected chi connectivity index (χ3v) is 5.10. The Balaban J connectivity index is 0.000000149. The van der Waals surface area contributed by atoms with Crippen LogP contribution in [0, 0.1) is 0 Å². The molecule has 3 aliphatic heterocycles. The van der Waals surface area contributed by atoms with Gasteiger partial charge in [-0.25, -0.2) is 0 Å². The van der Waals surface area contributed by atoms with Gasteiger partial charge in [-0.05, 0) is 12.1 Å². The number of fused-ring (bicyclic) bond motifs is 1. The second kappa shape index (κ2) is 7.74. The molecule has 1 aliphatic carbocycles. The van der Waals surface area contributed by atoms with Gasteiger partial charge in [0.25, 0.3) is 0 Å². The number of carbonyl (C=O) groups is 2. The van der Waals surface area contributed by atoms with E-state index in [2.05, 4.69) is 4.98 Å². The quantitative estimate of drug-likeness (QED) is 0.474. The molecular weight excluding hydrogens is 471 g/mol. The van der Waals surface area contributed by atoms with Crippen molar-refractivity contribution < 1.29 is 14.7 Å². The van der Waals surface area contributed by atoms with Gasteiger partial charge in [0, 0.05) is 56.9 Å². The van der Waals surface area contributed by atoms with Gasteiger partial charge < -0.3 is 19.8 Å². The van der Waals surface area contributed by atoms with Crippen molar-refractivity contribution >= 4 is 48.3 Å². The molecule has 1 aromatic heterocycles. The number of aromatic hydroxyl groups is 1. The summed E-state index contributed by atoms with van der Waals surface area (Å²) in [5.41, 5.74) is 2.55. The van der Waals surface area contributed by atoms with Gasteiger partial charge in [-0.2, -0.15) is 0 Å². The summed E-state index contributed by atoms with van der Waals surface area (Å²) in [5, 5.41) is 10.3. The molecule has 2 aromatic rings. The molecule has 29 heavy (non-hydrogen) atoms. The van der Waals surface area contributed by atoms with Gasteiger partial charge in [0.05, 0.1) is 5.70 Å². The first-order chi connectivity index (χ1) is 13.6. The van der Waals surface area contributed by atoms with Crippen molar-refractivity contribution in [3.63, 3.8) is 0 Å². The van der Waals surface area contributed by atoms with Crippen molar-refractivity contribution in [3.05, 3.63) is 59.7 Å². The van der Waals surface area contributed by atoms with E-state index in [1.807, 2.05) is 32.9 Å². The van der Waals surface area contributed by atoms with Gasteiger partial charge in [-0.15, -0.1) is 0 Å². The number of hydrogen-bond donors (Lipinski definition) is 1. The van der Waals surface area contributed by atoms with Crippen LogP contribution < -0.4 is 0 Å². The second-order valence-corrected chi connectivity index (χ2v) is 7.23. The van der Waals surface area contributed by atoms with Crippen molar-refractivity contribution in [2.24, 2.45) is 0 Å². The minimum atomic E-state index is 0. The number of Topliss-reactive ketones (excluding diaryl/α,β-unsaturated/α-hetero) is 1. The summed E-state index contributed by atoms with van der Waals surface area (Å²) < 4.78 is 0. The SMILES string of the molecule is O=C1C=C(N2CC2)C(=O)C(N2CC2)=C1N1CC1.Oc1cccc2cccnc12.[InH3]. The first-order valence-electron chi connectivity index (χ1n) is 9.46. The number of pyridine rings is 1. The zero-order chi connectivity index (χ0) is 19.3. The van der Waals surface area contributed by atoms with Gasteiger partial charge >= 0.3 is 25.8 Å². The molecule has 6 rings (SSSR count). The molecule has 1 N–H and O–H groups in total. The Morgan fingerprint density at radius 2 is 1.45 bits per heavy atom. The van der Waals surface area contributed by atoms with Crippen molar-refractivity contribution in [1.29, 1.82) is 0 Å². The van der Waals surface area contributed by atoms with Crippen molar-refractivity contribution in [3.8, 4) is 5.75 Å². The van der Waals surface area contributed by atoms with E-state index in [9.17, 15) is 14.7 Å². The summed E-state index contributed by atoms with van der Waals surface area (Å²) in [6.45, 7) is 5.41. The van der Waals surface area contributed by atoms with E-state index < -0.39 is 0 Å². The number of rotatable bonds is 3. The van der Waals surface area contributed by atoms with Crippen molar-refractivity contribution in [2.75, 3.05) is 39.3 Å². The third-order valence-electron chi connectivity index (χ3n) is 5.10. The molecule has 4 heterocycles. The number of nitrogens with zero attached hydrogens (tertiary/aromatic N) is 4. The third kappa shape index (κ3) is 3.99. The number of benzene rings is 1. The molecule has 0 radical (unpaired) electrons. The summed E-state index contributed by atoms with van der Waals surface area (Å²) in [6, 6.07) is 9.13. The Morgan fingerprint density at radius 3 is 2.07 bits per heavy atom. The average Bonchev–Trinajstić information content (AvgIpc) is 3.57. The summed E-state index contributed by atoms with van der Waals surface area (Å²) in [5.74, 6) is 0.288. The molecule has 0 bridgehead atoms. The Bertz CT molecular complexity index is 1050. The standard InChI is InChI=1S/C12H13N3O2.C9H7NO.In.3H/c16-9-7-8(13-1-2-13)12(17)11(15-5-6-15)10(9)14-3-4-14;11-8-5-1-3-7-4-2-6-10-9(7)8;;;;/h7H,1-6H2;1-6,11H;;;;. The molecule has 0 saturated carbocycles. The number of allylic oxidation sites excluding steroid dienone is 1. The van der Waals surface area contributed by atoms with E-state index in [0.717, 1.165) is 44.7 Å². The van der Waals surface area contributed by atoms with Crippen LogP contribution in [0.15, 0.2) is 59.7 Å². The number of phenolic OH excluding ortho intramolecular Hbond substituents is 1. The van der Waals surface area contributed by atoms with Crippen molar-refractivity contribution in [2.45, 2.75) is 0 Å². The molecule has 8 heteroatoms. The van der Waals surface area contributed by atoms with Crippen LogP contribution in [0.1, 0.15) is 0 Å². The predicted molar refractivity (Wildman–Crippen MR) is 113 cm³/mol. The second-order valence-electron chi connectivity index (χ2n) is 7.23. The number of aromatic nitrogens is 1. The molecule has 3 fully saturated rings. The Morgan fingerprint density at radius 1 is 0.828 bits per heavy atom. The summed E-state index contributed by atoms with van der Waals surface area (Å²) >= 11 is 0. The average molecular weight is 494 g/mol. The molecule has 4 aliphatic rings. The zero-order valence-corrected chi connectivity index (χ0v) is 15.3. The molecule has 3 saturated heterocycles. The van der Waals surface area contributed by atoms with Gasteiger partial charge in [-0.1, -0.05) is 18.2 Å². The first kappa shape index (κ1) is 19.8. The van der Waals surface area contributed by atoms with Crippen LogP contribution in [-0.4, -0.2) is 101 Å². The Hall–Kier alpha value is -2.48. The van der Waals surface area contributed by atoms with Gasteiger partial charge in [0.15, 0.2) is 0 Å². The number of hydrogen-bond acceptors (Lipinski definition) is 7. The predicted octanol–water partition coefficient (Wildman–Crippen LogP) is -0.0630. The number of ketones is 2. The van der Waals surface area contributed by atoms with Crippen LogP contribution in [0.5, 0.6) is 5.75 Å². The molecule has 148 valence electrons. The minimum absolute atomic E-state index is 0. The van der Waals surface area contributed by atoms with E-state index >= 15 is 0 Å². The van der Waals surface area contributed by atoms with Crippen LogP contribution in [0.25, 0.3) is 10.9 Å². The fourth-order valence-corrected chi connectivity index (χ4v) is 3.36. The summed E-state index contributed by atoms with van der Waals surface area (Å²) in [7, 11) is 0. The van der Waals surface area contributed by atoms with Gasteiger partial charge in [-0.3, -0.25) is 14.6 Å². The molecule has 0 spiro atoms. The van der Waals surface area contributed by atoms with E-state index in [0.29, 0.717) is 22.6 Å². The molecular formula is C21H23InN4O3. The van der Waals surface area contributed by atoms with Crippen LogP contribution in [0.3, 0.4) is 0 Å². The van der Waals surface area contributed by atoms with E-state index in [1.165, 1.54) is 6.08 Å². The van der Waals surface area contributed by atoms with E-state index in [-0.39, 0.29) is 43.2 Å². The number of para-hydroxylation sites is 1. The molecule has 0 atom stereocenters. The zero-order valence-electron chi connectivity index (χ0n) is 15.3. The summed E-state index contributed by atoms with van der Waals surface area (Å²) in [4.78, 5) is 34.5. The van der Waals surface area contributed by atoms with Crippen molar-refractivity contribution in [1.82, 2.24) is 19.7 Å². The maximum atomic E-state index is 12.4. The maximum absolute atomic E-state index is 12.4. The molecule has 1 aromatic carbocycles. The number of carbonyl (C=O) groups excluding carboxylic acids is 2. The van der Waals surface area contributed by atoms with Crippen LogP contribution in [-0.2, 0) is 9.59 Å². The first-order valence-corrected chi connectivity index (χ1v) is 9.46. The van der Waals surface area contributed by atoms with E-state index in [1.54, 1.807) is 18.3 Å². The fraction of sp³-hybridized carbons (Fsp3) is 0.286. The molecule has 0 amide bonds.